The molecule has 0 spiro atoms. The third-order valence-corrected chi connectivity index (χ3v) is 12.1. The Kier molecular flexibility index (Phi) is 10.0. The molecule has 0 bridgehead atoms. The zero-order valence-corrected chi connectivity index (χ0v) is 28.3. The summed E-state index contributed by atoms with van der Waals surface area (Å²) in [5, 5.41) is 22.8. The van der Waals surface area contributed by atoms with Crippen LogP contribution in [0.25, 0.3) is 10.9 Å². The Labute approximate surface area is 276 Å². The van der Waals surface area contributed by atoms with Gasteiger partial charge < -0.3 is 24.3 Å². The minimum Gasteiger partial charge on any atom is -0.395 e. The summed E-state index contributed by atoms with van der Waals surface area (Å²) in [7, 11) is -3.01. The second-order valence-electron chi connectivity index (χ2n) is 13.3. The van der Waals surface area contributed by atoms with Gasteiger partial charge in [-0.3, -0.25) is 9.48 Å². The summed E-state index contributed by atoms with van der Waals surface area (Å²) in [5.74, 6) is -0.187. The third kappa shape index (κ3) is 7.72. The highest BCUT2D eigenvalue weighted by Gasteiger charge is 2.50. The van der Waals surface area contributed by atoms with Gasteiger partial charge in [-0.25, -0.2) is 0 Å². The summed E-state index contributed by atoms with van der Waals surface area (Å²) in [4.78, 5) is 16.0. The smallest absolute Gasteiger partial charge is 0.246 e. The minimum absolute atomic E-state index is 0.0359. The van der Waals surface area contributed by atoms with E-state index in [1.165, 1.54) is 0 Å². The predicted octanol–water partition coefficient (Wildman–Crippen LogP) is 7.04. The van der Waals surface area contributed by atoms with Crippen molar-refractivity contribution in [2.75, 3.05) is 11.9 Å². The van der Waals surface area contributed by atoms with E-state index in [-0.39, 0.29) is 42.1 Å². The number of hydrogen-bond acceptors (Lipinski definition) is 5. The molecule has 47 heavy (non-hydrogen) atoms. The van der Waals surface area contributed by atoms with Gasteiger partial charge in [0.2, 0.25) is 14.3 Å². The normalized spacial score (nSPS) is 20.4. The molecule has 5 aromatic rings. The van der Waals surface area contributed by atoms with Crippen molar-refractivity contribution >= 4 is 30.9 Å². The average molecular weight is 654 g/mol. The molecule has 0 radical (unpaired) electrons. The van der Waals surface area contributed by atoms with Crippen LogP contribution < -0.4 is 5.32 Å². The number of fused-ring (bicyclic) bond motifs is 1. The van der Waals surface area contributed by atoms with E-state index in [0.717, 1.165) is 46.1 Å². The summed E-state index contributed by atoms with van der Waals surface area (Å²) in [6.07, 6.45) is 6.11. The number of halogens is 1. The topological polar surface area (TPSA) is 105 Å². The van der Waals surface area contributed by atoms with Gasteiger partial charge in [0.15, 0.2) is 0 Å². The van der Waals surface area contributed by atoms with Crippen LogP contribution in [-0.4, -0.2) is 58.2 Å². The zero-order valence-electron chi connectivity index (χ0n) is 27.3. The molecule has 1 saturated heterocycles. The lowest BCUT2D eigenvalue weighted by molar-refractivity contribution is -0.115. The number of anilines is 1. The summed E-state index contributed by atoms with van der Waals surface area (Å²) < 4.78 is 24.1. The van der Waals surface area contributed by atoms with E-state index < -0.39 is 8.41 Å². The van der Waals surface area contributed by atoms with Crippen LogP contribution in [0.1, 0.15) is 48.1 Å². The Morgan fingerprint density at radius 1 is 1.04 bits per heavy atom. The molecule has 3 heterocycles. The Morgan fingerprint density at radius 3 is 2.53 bits per heavy atom. The van der Waals surface area contributed by atoms with Gasteiger partial charge in [0, 0.05) is 41.1 Å². The van der Waals surface area contributed by atoms with Gasteiger partial charge in [0.05, 0.1) is 36.8 Å². The number of aryl methyl sites for hydroxylation is 2. The second-order valence-corrected chi connectivity index (χ2v) is 17.1. The van der Waals surface area contributed by atoms with Crippen molar-refractivity contribution in [2.24, 2.45) is 5.92 Å². The lowest BCUT2D eigenvalue weighted by Crippen LogP contribution is -2.36. The fourth-order valence-corrected chi connectivity index (χ4v) is 9.86. The number of ether oxygens (including phenoxy) is 1. The van der Waals surface area contributed by atoms with Gasteiger partial charge in [-0.1, -0.05) is 72.8 Å². The Hall–Kier alpha value is -4.12. The molecule has 1 aliphatic rings. The number of para-hydroxylation sites is 1. The lowest BCUT2D eigenvalue weighted by atomic mass is 9.95. The molecular weight excluding hydrogens is 610 g/mol. The number of amides is 1. The van der Waals surface area contributed by atoms with Crippen LogP contribution >= 0.6 is 0 Å². The van der Waals surface area contributed by atoms with Crippen molar-refractivity contribution in [1.29, 1.82) is 0 Å². The highest BCUT2D eigenvalue weighted by atomic mass is 28.4. The molecule has 1 fully saturated rings. The number of nitrogens with one attached hydrogen (secondary N) is 2. The van der Waals surface area contributed by atoms with Gasteiger partial charge in [-0.05, 0) is 73.2 Å². The first kappa shape index (κ1) is 32.8. The first-order valence-electron chi connectivity index (χ1n) is 16.5. The van der Waals surface area contributed by atoms with Crippen LogP contribution in [-0.2, 0) is 28.9 Å². The molecular formula is C37H44FN5O3Si. The van der Waals surface area contributed by atoms with Crippen LogP contribution in [0, 0.1) is 5.92 Å². The number of carbonyl (C=O) groups is 1. The Balaban J connectivity index is 1.02. The van der Waals surface area contributed by atoms with Crippen molar-refractivity contribution in [3.05, 3.63) is 114 Å². The third-order valence-electron chi connectivity index (χ3n) is 9.62. The molecule has 5 atom stereocenters. The van der Waals surface area contributed by atoms with Crippen LogP contribution in [0.3, 0.4) is 0 Å². The van der Waals surface area contributed by atoms with Crippen molar-refractivity contribution in [3.63, 3.8) is 0 Å². The largest absolute Gasteiger partial charge is 0.395 e. The van der Waals surface area contributed by atoms with Crippen LogP contribution in [0.15, 0.2) is 91.3 Å². The molecule has 0 saturated carbocycles. The van der Waals surface area contributed by atoms with Gasteiger partial charge in [0.25, 0.3) is 0 Å². The van der Waals surface area contributed by atoms with Gasteiger partial charge >= 0.3 is 0 Å². The minimum atomic E-state index is -3.01. The zero-order chi connectivity index (χ0) is 33.0. The molecule has 10 heteroatoms. The lowest BCUT2D eigenvalue weighted by Gasteiger charge is -2.28. The van der Waals surface area contributed by atoms with E-state index in [1.54, 1.807) is 17.8 Å². The van der Waals surface area contributed by atoms with Crippen LogP contribution in [0.4, 0.5) is 9.80 Å². The van der Waals surface area contributed by atoms with Gasteiger partial charge in [-0.15, -0.1) is 5.10 Å². The second kappa shape index (κ2) is 14.3. The molecule has 3 N–H and O–H groups in total. The van der Waals surface area contributed by atoms with E-state index in [4.69, 9.17) is 4.74 Å². The number of aromatic nitrogens is 4. The molecule has 1 unspecified atom stereocenters. The van der Waals surface area contributed by atoms with E-state index in [0.29, 0.717) is 25.1 Å². The molecule has 2 aromatic heterocycles. The number of H-pyrrole nitrogens is 1. The number of aliphatic hydroxyl groups is 1. The molecule has 1 amide bonds. The van der Waals surface area contributed by atoms with Crippen molar-refractivity contribution in [3.8, 4) is 0 Å². The number of aliphatic hydroxyl groups excluding tert-OH is 1. The van der Waals surface area contributed by atoms with Gasteiger partial charge in [0.1, 0.15) is 0 Å². The SMILES string of the molecule is C[C@@H]1[C@@H]([Si](C)(C)F)[C@H](CCn2cc(C(CO)c3ccccc3)nn2)O[C@@H]1CCc1ccc(NC(=O)Cc2c[nH]c3ccccc23)cc1. The fraction of sp³-hybridized carbons (Fsp3) is 0.378. The molecule has 3 aromatic carbocycles. The van der Waals surface area contributed by atoms with Crippen LogP contribution in [0.5, 0.6) is 0 Å². The molecule has 1 aliphatic heterocycles. The highest BCUT2D eigenvalue weighted by Crippen LogP contribution is 2.47. The quantitative estimate of drug-likeness (QED) is 0.0935. The Bertz CT molecular complexity index is 1770. The summed E-state index contributed by atoms with van der Waals surface area (Å²) in [5.41, 5.74) is 5.51. The standard InChI is InChI=1S/C37H44FN5O3Si/c1-25-34(18-15-26-13-16-29(17-14-26)40-36(45)21-28-22-39-32-12-8-7-11-30(28)32)46-35(37(25)47(2,3)38)19-20-43-23-33(41-42-43)31(24-44)27-9-5-4-6-10-27/h4-14,16-17,22-23,25,31,34-35,37,39,44H,15,18-21,24H2,1-3H3,(H,40,45)/t25-,31?,34+,35-,37+/m0/s1. The fourth-order valence-electron chi connectivity index (χ4n) is 7.27. The average Bonchev–Trinajstić information content (AvgIpc) is 3.78. The van der Waals surface area contributed by atoms with Gasteiger partial charge in [-0.2, -0.15) is 0 Å². The monoisotopic (exact) mass is 653 g/mol. The van der Waals surface area contributed by atoms with E-state index in [1.807, 2.05) is 91.3 Å². The number of aromatic amines is 1. The number of carbonyl (C=O) groups excluding carboxylic acids is 1. The van der Waals surface area contributed by atoms with Crippen LogP contribution in [0.2, 0.25) is 18.6 Å². The molecule has 6 rings (SSSR count). The summed E-state index contributed by atoms with van der Waals surface area (Å²) in [6, 6.07) is 25.7. The maximum absolute atomic E-state index is 15.7. The maximum Gasteiger partial charge on any atom is 0.246 e. The number of nitrogens with zero attached hydrogens (tertiary/aromatic N) is 3. The van der Waals surface area contributed by atoms with Crippen molar-refractivity contribution < 1.29 is 18.7 Å². The molecule has 8 nitrogen and oxygen atoms in total. The predicted molar refractivity (Wildman–Crippen MR) is 186 cm³/mol. The summed E-state index contributed by atoms with van der Waals surface area (Å²) >= 11 is 0. The highest BCUT2D eigenvalue weighted by molar-refractivity contribution is 6.72. The first-order chi connectivity index (χ1) is 22.7. The van der Waals surface area contributed by atoms with Crippen molar-refractivity contribution in [1.82, 2.24) is 20.0 Å². The number of rotatable bonds is 13. The molecule has 246 valence electrons. The number of hydrogen-bond donors (Lipinski definition) is 3. The summed E-state index contributed by atoms with van der Waals surface area (Å²) in [6.45, 7) is 6.23. The maximum atomic E-state index is 15.7. The van der Waals surface area contributed by atoms with E-state index in [9.17, 15) is 9.90 Å². The van der Waals surface area contributed by atoms with E-state index in [2.05, 4.69) is 27.5 Å². The number of benzene rings is 3. The first-order valence-corrected chi connectivity index (χ1v) is 19.5. The van der Waals surface area contributed by atoms with E-state index >= 15 is 4.11 Å². The van der Waals surface area contributed by atoms with Crippen molar-refractivity contribution in [2.45, 2.75) is 75.9 Å². The molecule has 0 aliphatic carbocycles. The Morgan fingerprint density at radius 2 is 1.79 bits per heavy atom.